The van der Waals surface area contributed by atoms with E-state index < -0.39 is 7.26 Å². The number of aryl methyl sites for hydroxylation is 1. The first-order valence-corrected chi connectivity index (χ1v) is 12.0. The summed E-state index contributed by atoms with van der Waals surface area (Å²) in [7, 11) is -2.02. The van der Waals surface area contributed by atoms with Gasteiger partial charge in [0.25, 0.3) is 0 Å². The SMILES string of the molecule is Fc1ccc2c(c1)C([P+](c1ccccc1)(c1ccccc1)c1ccccc1)CC2.[Br-]. The fourth-order valence-corrected chi connectivity index (χ4v) is 10.0. The Labute approximate surface area is 188 Å². The van der Waals surface area contributed by atoms with Crippen molar-refractivity contribution in [3.63, 3.8) is 0 Å². The zero-order valence-corrected chi connectivity index (χ0v) is 19.1. The van der Waals surface area contributed by atoms with Crippen LogP contribution in [-0.2, 0) is 6.42 Å². The van der Waals surface area contributed by atoms with E-state index in [0.717, 1.165) is 12.8 Å². The van der Waals surface area contributed by atoms with Gasteiger partial charge in [-0.25, -0.2) is 4.39 Å². The molecule has 1 aliphatic rings. The second kappa shape index (κ2) is 8.84. The number of hydrogen-bond donors (Lipinski definition) is 0. The van der Waals surface area contributed by atoms with Crippen LogP contribution in [0.5, 0.6) is 0 Å². The lowest BCUT2D eigenvalue weighted by Gasteiger charge is -2.33. The highest BCUT2D eigenvalue weighted by Crippen LogP contribution is 2.70. The minimum Gasteiger partial charge on any atom is -1.00 e. The van der Waals surface area contributed by atoms with Crippen molar-refractivity contribution in [2.24, 2.45) is 0 Å². The molecule has 0 saturated carbocycles. The van der Waals surface area contributed by atoms with Gasteiger partial charge < -0.3 is 17.0 Å². The van der Waals surface area contributed by atoms with E-state index in [1.54, 1.807) is 12.1 Å². The lowest BCUT2D eigenvalue weighted by molar-refractivity contribution is -0.00000618. The predicted octanol–water partition coefficient (Wildman–Crippen LogP) is 2.81. The summed E-state index contributed by atoms with van der Waals surface area (Å²) >= 11 is 0. The Morgan fingerprint density at radius 2 is 1.10 bits per heavy atom. The largest absolute Gasteiger partial charge is 1.00 e. The maximum Gasteiger partial charge on any atom is 0.123 e. The molecule has 0 fully saturated rings. The third-order valence-corrected chi connectivity index (χ3v) is 10.9. The highest BCUT2D eigenvalue weighted by Gasteiger charge is 2.54. The van der Waals surface area contributed by atoms with Gasteiger partial charge in [-0.3, -0.25) is 0 Å². The van der Waals surface area contributed by atoms with E-state index >= 15 is 0 Å². The molecule has 0 saturated heterocycles. The number of benzene rings is 4. The van der Waals surface area contributed by atoms with E-state index in [1.165, 1.54) is 27.0 Å². The zero-order chi connectivity index (χ0) is 19.7. The zero-order valence-electron chi connectivity index (χ0n) is 16.6. The van der Waals surface area contributed by atoms with E-state index in [2.05, 4.69) is 91.0 Å². The fraction of sp³-hybridized carbons (Fsp3) is 0.111. The number of hydrogen-bond acceptors (Lipinski definition) is 0. The van der Waals surface area contributed by atoms with Crippen LogP contribution in [0, 0.1) is 5.82 Å². The topological polar surface area (TPSA) is 0 Å². The van der Waals surface area contributed by atoms with E-state index in [4.69, 9.17) is 0 Å². The van der Waals surface area contributed by atoms with Gasteiger partial charge in [-0.1, -0.05) is 60.7 Å². The monoisotopic (exact) mass is 476 g/mol. The van der Waals surface area contributed by atoms with Crippen molar-refractivity contribution in [3.05, 3.63) is 126 Å². The molecule has 0 bridgehead atoms. The van der Waals surface area contributed by atoms with Crippen LogP contribution in [0.15, 0.2) is 109 Å². The summed E-state index contributed by atoms with van der Waals surface area (Å²) in [5.74, 6) is -0.136. The van der Waals surface area contributed by atoms with Crippen LogP contribution in [-0.4, -0.2) is 0 Å². The third kappa shape index (κ3) is 3.43. The molecule has 0 nitrogen and oxygen atoms in total. The molecule has 1 atom stereocenters. The molecular weight excluding hydrogens is 454 g/mol. The molecule has 1 unspecified atom stereocenters. The van der Waals surface area contributed by atoms with Gasteiger partial charge in [-0.15, -0.1) is 0 Å². The van der Waals surface area contributed by atoms with Gasteiger partial charge in [0.2, 0.25) is 0 Å². The molecule has 0 aromatic heterocycles. The van der Waals surface area contributed by atoms with E-state index in [9.17, 15) is 4.39 Å². The quantitative estimate of drug-likeness (QED) is 0.397. The average molecular weight is 477 g/mol. The summed E-state index contributed by atoms with van der Waals surface area (Å²) in [4.78, 5) is 0. The van der Waals surface area contributed by atoms with Crippen LogP contribution >= 0.6 is 7.26 Å². The second-order valence-electron chi connectivity index (χ2n) is 7.63. The van der Waals surface area contributed by atoms with Gasteiger partial charge in [0.1, 0.15) is 34.7 Å². The van der Waals surface area contributed by atoms with Gasteiger partial charge in [-0.2, -0.15) is 0 Å². The molecule has 3 heteroatoms. The molecule has 5 rings (SSSR count). The van der Waals surface area contributed by atoms with Crippen molar-refractivity contribution in [2.75, 3.05) is 0 Å². The first kappa shape index (κ1) is 21.0. The standard InChI is InChI=1S/C27H23FP.BrH/c28-22-18-16-21-17-19-27(26(21)20-22)29(23-10-4-1-5-11-23,24-12-6-2-7-13-24)25-14-8-3-9-15-25;/h1-16,18,20,27H,17,19H2;1H/q+1;/p-1. The molecule has 0 N–H and O–H groups in total. The molecule has 4 aromatic carbocycles. The lowest BCUT2D eigenvalue weighted by Crippen LogP contribution is -3.00. The Morgan fingerprint density at radius 3 is 1.57 bits per heavy atom. The fourth-order valence-electron chi connectivity index (χ4n) is 4.93. The lowest BCUT2D eigenvalue weighted by atomic mass is 10.1. The average Bonchev–Trinajstić information content (AvgIpc) is 3.20. The first-order chi connectivity index (χ1) is 14.3. The second-order valence-corrected chi connectivity index (χ2v) is 11.2. The van der Waals surface area contributed by atoms with E-state index in [0.29, 0.717) is 0 Å². The summed E-state index contributed by atoms with van der Waals surface area (Å²) in [5, 5.41) is 4.08. The smallest absolute Gasteiger partial charge is 0.123 e. The van der Waals surface area contributed by atoms with Crippen LogP contribution in [0.2, 0.25) is 0 Å². The maximum absolute atomic E-state index is 14.3. The van der Waals surface area contributed by atoms with Crippen LogP contribution in [0.1, 0.15) is 23.2 Å². The van der Waals surface area contributed by atoms with Crippen LogP contribution < -0.4 is 32.9 Å². The van der Waals surface area contributed by atoms with Gasteiger partial charge >= 0.3 is 0 Å². The first-order valence-electron chi connectivity index (χ1n) is 10.1. The molecule has 150 valence electrons. The van der Waals surface area contributed by atoms with Crippen molar-refractivity contribution in [1.82, 2.24) is 0 Å². The molecule has 4 aromatic rings. The Hall–Kier alpha value is -2.28. The normalized spacial score (nSPS) is 15.3. The number of fused-ring (bicyclic) bond motifs is 1. The summed E-state index contributed by atoms with van der Waals surface area (Å²) in [6, 6.07) is 38.1. The Balaban J connectivity index is 0.00000218. The molecule has 30 heavy (non-hydrogen) atoms. The van der Waals surface area contributed by atoms with Crippen molar-refractivity contribution < 1.29 is 21.4 Å². The maximum atomic E-state index is 14.3. The van der Waals surface area contributed by atoms with Crippen LogP contribution in [0.4, 0.5) is 4.39 Å². The number of rotatable bonds is 4. The summed E-state index contributed by atoms with van der Waals surface area (Å²) in [6.45, 7) is 0. The Bertz CT molecular complexity index is 1020. The predicted molar refractivity (Wildman–Crippen MR) is 123 cm³/mol. The molecule has 1 aliphatic carbocycles. The van der Waals surface area contributed by atoms with E-state index in [1.807, 2.05) is 6.07 Å². The molecule has 0 radical (unpaired) electrons. The third-order valence-electron chi connectivity index (χ3n) is 6.11. The van der Waals surface area contributed by atoms with Gasteiger partial charge in [0.15, 0.2) is 0 Å². The van der Waals surface area contributed by atoms with Crippen molar-refractivity contribution in [1.29, 1.82) is 0 Å². The molecule has 0 amide bonds. The van der Waals surface area contributed by atoms with E-state index in [-0.39, 0.29) is 28.5 Å². The van der Waals surface area contributed by atoms with Gasteiger partial charge in [-0.05, 0) is 72.5 Å². The summed E-state index contributed by atoms with van der Waals surface area (Å²) in [6.07, 6.45) is 2.06. The van der Waals surface area contributed by atoms with Crippen molar-refractivity contribution in [3.8, 4) is 0 Å². The molecule has 0 heterocycles. The summed E-state index contributed by atoms with van der Waals surface area (Å²) < 4.78 is 14.3. The van der Waals surface area contributed by atoms with Gasteiger partial charge in [0, 0.05) is 0 Å². The highest BCUT2D eigenvalue weighted by molar-refractivity contribution is 7.96. The van der Waals surface area contributed by atoms with Crippen molar-refractivity contribution in [2.45, 2.75) is 18.5 Å². The minimum absolute atomic E-state index is 0. The van der Waals surface area contributed by atoms with Crippen LogP contribution in [0.3, 0.4) is 0 Å². The van der Waals surface area contributed by atoms with Gasteiger partial charge in [0.05, 0.1) is 0 Å². The number of halogens is 2. The minimum atomic E-state index is -2.02. The van der Waals surface area contributed by atoms with Crippen molar-refractivity contribution >= 4 is 23.2 Å². The Morgan fingerprint density at radius 1 is 0.633 bits per heavy atom. The Kier molecular flexibility index (Phi) is 6.18. The molecule has 0 aliphatic heterocycles. The summed E-state index contributed by atoms with van der Waals surface area (Å²) in [5.41, 5.74) is 2.76. The molecular formula is C27H23BrFP. The highest BCUT2D eigenvalue weighted by atomic mass is 79.9. The molecule has 0 spiro atoms. The van der Waals surface area contributed by atoms with Crippen LogP contribution in [0.25, 0.3) is 0 Å².